The molecular weight excluding hydrogens is 466 g/mol. The van der Waals surface area contributed by atoms with Gasteiger partial charge in [-0.3, -0.25) is 9.36 Å². The molecule has 8 heteroatoms. The predicted octanol–water partition coefficient (Wildman–Crippen LogP) is 5.62. The van der Waals surface area contributed by atoms with Gasteiger partial charge in [0.1, 0.15) is 11.3 Å². The first-order valence-corrected chi connectivity index (χ1v) is 10.9. The van der Waals surface area contributed by atoms with Crippen LogP contribution in [0.1, 0.15) is 10.4 Å². The fourth-order valence-corrected chi connectivity index (χ4v) is 4.21. The normalized spacial score (nSPS) is 11.0. The van der Waals surface area contributed by atoms with E-state index >= 15 is 0 Å². The average molecular weight is 484 g/mol. The van der Waals surface area contributed by atoms with E-state index in [-0.39, 0.29) is 11.5 Å². The predicted molar refractivity (Wildman–Crippen MR) is 121 cm³/mol. The number of nitrogens with zero attached hydrogens (tertiary/aromatic N) is 3. The van der Waals surface area contributed by atoms with Crippen LogP contribution in [-0.4, -0.2) is 33.4 Å². The van der Waals surface area contributed by atoms with E-state index in [9.17, 15) is 4.79 Å². The summed E-state index contributed by atoms with van der Waals surface area (Å²) in [4.78, 5) is 12.6. The summed E-state index contributed by atoms with van der Waals surface area (Å²) in [6.07, 6.45) is 1.77. The van der Waals surface area contributed by atoms with Crippen molar-refractivity contribution in [2.45, 2.75) is 11.7 Å². The van der Waals surface area contributed by atoms with E-state index in [4.69, 9.17) is 9.15 Å². The van der Waals surface area contributed by atoms with Gasteiger partial charge in [-0.05, 0) is 48.5 Å². The molecule has 0 atom stereocenters. The number of rotatable bonds is 8. The molecule has 6 nitrogen and oxygen atoms in total. The fourth-order valence-electron chi connectivity index (χ4n) is 2.99. The van der Waals surface area contributed by atoms with Crippen LogP contribution in [-0.2, 0) is 6.54 Å². The third-order valence-electron chi connectivity index (χ3n) is 4.47. The minimum Gasteiger partial charge on any atom is -0.497 e. The lowest BCUT2D eigenvalue weighted by atomic mass is 10.1. The van der Waals surface area contributed by atoms with Crippen molar-refractivity contribution in [3.63, 3.8) is 0 Å². The molecule has 0 bridgehead atoms. The molecule has 0 saturated carbocycles. The van der Waals surface area contributed by atoms with Gasteiger partial charge in [0.25, 0.3) is 0 Å². The number of carbonyl (C=O) groups excluding carboxylic acids is 1. The summed E-state index contributed by atoms with van der Waals surface area (Å²) in [5.74, 6) is 2.18. The third-order valence-corrected chi connectivity index (χ3v) is 5.93. The zero-order chi connectivity index (χ0) is 21.1. The van der Waals surface area contributed by atoms with Crippen LogP contribution in [0.2, 0.25) is 0 Å². The summed E-state index contributed by atoms with van der Waals surface area (Å²) >= 11 is 4.81. The van der Waals surface area contributed by atoms with Crippen LogP contribution in [0, 0.1) is 0 Å². The summed E-state index contributed by atoms with van der Waals surface area (Å²) in [7, 11) is 1.59. The van der Waals surface area contributed by atoms with Crippen LogP contribution >= 0.6 is 27.7 Å². The lowest BCUT2D eigenvalue weighted by molar-refractivity contribution is 0.102. The molecule has 2 aromatic carbocycles. The number of furan rings is 1. The SMILES string of the molecule is C=CCn1c(SCC(=O)c2ccc(OC)cc2)nnc1-c1cc2cc(Br)ccc2o1. The van der Waals surface area contributed by atoms with Gasteiger partial charge in [0, 0.05) is 22.0 Å². The summed E-state index contributed by atoms with van der Waals surface area (Å²) in [5.41, 5.74) is 1.39. The Kier molecular flexibility index (Phi) is 6.06. The van der Waals surface area contributed by atoms with Crippen LogP contribution in [0.3, 0.4) is 0 Å². The van der Waals surface area contributed by atoms with Crippen molar-refractivity contribution < 1.29 is 13.9 Å². The topological polar surface area (TPSA) is 70.2 Å². The summed E-state index contributed by atoms with van der Waals surface area (Å²) in [6, 6.07) is 14.8. The zero-order valence-electron chi connectivity index (χ0n) is 16.2. The number of fused-ring (bicyclic) bond motifs is 1. The number of hydrogen-bond acceptors (Lipinski definition) is 6. The zero-order valence-corrected chi connectivity index (χ0v) is 18.6. The Balaban J connectivity index is 1.57. The molecule has 0 fully saturated rings. The first-order valence-electron chi connectivity index (χ1n) is 9.12. The van der Waals surface area contributed by atoms with Gasteiger partial charge in [-0.15, -0.1) is 16.8 Å². The number of hydrogen-bond donors (Lipinski definition) is 0. The Bertz CT molecular complexity index is 1210. The number of thioether (sulfide) groups is 1. The molecule has 0 unspecified atom stereocenters. The van der Waals surface area contributed by atoms with Gasteiger partial charge >= 0.3 is 0 Å². The highest BCUT2D eigenvalue weighted by atomic mass is 79.9. The summed E-state index contributed by atoms with van der Waals surface area (Å²) in [6.45, 7) is 4.33. The molecule has 0 N–H and O–H groups in total. The lowest BCUT2D eigenvalue weighted by Gasteiger charge is -2.06. The van der Waals surface area contributed by atoms with Crippen molar-refractivity contribution in [2.75, 3.05) is 12.9 Å². The smallest absolute Gasteiger partial charge is 0.200 e. The first-order chi connectivity index (χ1) is 14.6. The molecule has 0 aliphatic rings. The molecule has 0 saturated heterocycles. The van der Waals surface area contributed by atoms with Crippen LogP contribution < -0.4 is 4.74 Å². The van der Waals surface area contributed by atoms with Gasteiger partial charge in [-0.25, -0.2) is 0 Å². The highest BCUT2D eigenvalue weighted by molar-refractivity contribution is 9.10. The van der Waals surface area contributed by atoms with Gasteiger partial charge in [0.15, 0.2) is 16.7 Å². The second-order valence-corrected chi connectivity index (χ2v) is 8.30. The number of aromatic nitrogens is 3. The highest BCUT2D eigenvalue weighted by Crippen LogP contribution is 2.31. The van der Waals surface area contributed by atoms with Gasteiger partial charge in [-0.1, -0.05) is 33.8 Å². The van der Waals surface area contributed by atoms with Gasteiger partial charge in [0.05, 0.1) is 12.9 Å². The maximum Gasteiger partial charge on any atom is 0.200 e. The minimum atomic E-state index is 0.00550. The van der Waals surface area contributed by atoms with E-state index in [0.717, 1.165) is 15.4 Å². The van der Waals surface area contributed by atoms with E-state index < -0.39 is 0 Å². The molecule has 2 heterocycles. The lowest BCUT2D eigenvalue weighted by Crippen LogP contribution is -2.05. The largest absolute Gasteiger partial charge is 0.497 e. The Morgan fingerprint density at radius 2 is 2.03 bits per heavy atom. The summed E-state index contributed by atoms with van der Waals surface area (Å²) in [5, 5.41) is 10.2. The maximum absolute atomic E-state index is 12.6. The maximum atomic E-state index is 12.6. The quantitative estimate of drug-likeness (QED) is 0.184. The molecule has 0 aliphatic heterocycles. The average Bonchev–Trinajstić information content (AvgIpc) is 3.35. The molecule has 30 heavy (non-hydrogen) atoms. The van der Waals surface area contributed by atoms with Gasteiger partial charge < -0.3 is 9.15 Å². The Labute approximate surface area is 186 Å². The van der Waals surface area contributed by atoms with E-state index in [1.54, 1.807) is 37.5 Å². The van der Waals surface area contributed by atoms with Crippen molar-refractivity contribution >= 4 is 44.4 Å². The van der Waals surface area contributed by atoms with Crippen LogP contribution in [0.25, 0.3) is 22.6 Å². The van der Waals surface area contributed by atoms with Crippen molar-refractivity contribution in [2.24, 2.45) is 0 Å². The van der Waals surface area contributed by atoms with Crippen LogP contribution in [0.5, 0.6) is 5.75 Å². The standard InChI is InChI=1S/C22H18BrN3O3S/c1-3-10-26-21(20-12-15-11-16(23)6-9-19(15)29-20)24-25-22(26)30-13-18(27)14-4-7-17(28-2)8-5-14/h3-9,11-12H,1,10,13H2,2H3. The number of carbonyl (C=O) groups is 1. The molecule has 0 radical (unpaired) electrons. The Hall–Kier alpha value is -2.84. The second kappa shape index (κ2) is 8.89. The van der Waals surface area contributed by atoms with Crippen molar-refractivity contribution in [3.05, 3.63) is 71.2 Å². The fraction of sp³-hybridized carbons (Fsp3) is 0.136. The molecule has 4 rings (SSSR count). The molecule has 0 spiro atoms. The molecular formula is C22H18BrN3O3S. The van der Waals surface area contributed by atoms with Crippen molar-refractivity contribution in [3.8, 4) is 17.3 Å². The molecule has 0 amide bonds. The van der Waals surface area contributed by atoms with E-state index in [0.29, 0.717) is 34.6 Å². The summed E-state index contributed by atoms with van der Waals surface area (Å²) < 4.78 is 14.0. The number of halogens is 1. The third kappa shape index (κ3) is 4.20. The van der Waals surface area contributed by atoms with Crippen molar-refractivity contribution in [1.29, 1.82) is 0 Å². The molecule has 0 aliphatic carbocycles. The van der Waals surface area contributed by atoms with Crippen molar-refractivity contribution in [1.82, 2.24) is 14.8 Å². The monoisotopic (exact) mass is 483 g/mol. The highest BCUT2D eigenvalue weighted by Gasteiger charge is 2.18. The Morgan fingerprint density at radius 1 is 1.23 bits per heavy atom. The van der Waals surface area contributed by atoms with E-state index in [1.807, 2.05) is 28.8 Å². The minimum absolute atomic E-state index is 0.00550. The number of allylic oxidation sites excluding steroid dienone is 1. The van der Waals surface area contributed by atoms with Crippen LogP contribution in [0.15, 0.2) is 75.2 Å². The van der Waals surface area contributed by atoms with E-state index in [1.165, 1.54) is 11.8 Å². The van der Waals surface area contributed by atoms with E-state index in [2.05, 4.69) is 32.7 Å². The number of methoxy groups -OCH3 is 1. The number of ketones is 1. The second-order valence-electron chi connectivity index (χ2n) is 6.44. The van der Waals surface area contributed by atoms with Gasteiger partial charge in [0.2, 0.25) is 5.82 Å². The Morgan fingerprint density at radius 3 is 2.77 bits per heavy atom. The molecule has 4 aromatic rings. The van der Waals surface area contributed by atoms with Gasteiger partial charge in [-0.2, -0.15) is 0 Å². The number of ether oxygens (including phenoxy) is 1. The first kappa shape index (κ1) is 20.4. The molecule has 2 aromatic heterocycles. The van der Waals surface area contributed by atoms with Crippen LogP contribution in [0.4, 0.5) is 0 Å². The number of Topliss-reactive ketones (excluding diaryl/α,β-unsaturated/α-hetero) is 1. The molecule has 152 valence electrons. The number of benzene rings is 2.